The van der Waals surface area contributed by atoms with E-state index in [9.17, 15) is 14.4 Å². The predicted molar refractivity (Wildman–Crippen MR) is 78.7 cm³/mol. The first-order chi connectivity index (χ1) is 10.1. The van der Waals surface area contributed by atoms with Gasteiger partial charge in [0.25, 0.3) is 0 Å². The standard InChI is InChI=1S/C15H20N2O5/c1-9(16-14(20)22-15(2,3)4)12(18)10-7-6-8-11(17-10)13(19)21-5/h6-9H,1-5H3,(H,16,20). The quantitative estimate of drug-likeness (QED) is 0.675. The minimum absolute atomic E-state index is 0.0258. The molecule has 0 aliphatic carbocycles. The van der Waals surface area contributed by atoms with Crippen molar-refractivity contribution in [1.29, 1.82) is 0 Å². The fourth-order valence-corrected chi connectivity index (χ4v) is 1.56. The minimum Gasteiger partial charge on any atom is -0.464 e. The molecule has 0 aromatic carbocycles. The van der Waals surface area contributed by atoms with Crippen molar-refractivity contribution in [2.75, 3.05) is 7.11 Å². The fraction of sp³-hybridized carbons (Fsp3) is 0.467. The van der Waals surface area contributed by atoms with Crippen molar-refractivity contribution in [2.24, 2.45) is 0 Å². The largest absolute Gasteiger partial charge is 0.464 e. The van der Waals surface area contributed by atoms with E-state index in [1.807, 2.05) is 0 Å². The molecule has 1 aromatic heterocycles. The lowest BCUT2D eigenvalue weighted by molar-refractivity contribution is 0.0495. The average molecular weight is 308 g/mol. The van der Waals surface area contributed by atoms with Gasteiger partial charge in [0.05, 0.1) is 13.2 Å². The number of nitrogens with zero attached hydrogens (tertiary/aromatic N) is 1. The molecule has 1 aromatic rings. The topological polar surface area (TPSA) is 94.6 Å². The molecule has 0 fully saturated rings. The van der Waals surface area contributed by atoms with Crippen molar-refractivity contribution in [3.05, 3.63) is 29.6 Å². The number of carbonyl (C=O) groups excluding carboxylic acids is 3. The summed E-state index contributed by atoms with van der Waals surface area (Å²) in [5.74, 6) is -1.07. The number of aromatic nitrogens is 1. The lowest BCUT2D eigenvalue weighted by Gasteiger charge is -2.21. The maximum atomic E-state index is 12.2. The molecular weight excluding hydrogens is 288 g/mol. The molecule has 22 heavy (non-hydrogen) atoms. The SMILES string of the molecule is COC(=O)c1cccc(C(=O)C(C)NC(=O)OC(C)(C)C)n1. The van der Waals surface area contributed by atoms with E-state index in [0.29, 0.717) is 0 Å². The molecule has 7 nitrogen and oxygen atoms in total. The van der Waals surface area contributed by atoms with Crippen LogP contribution in [0.1, 0.15) is 48.7 Å². The molecule has 1 heterocycles. The van der Waals surface area contributed by atoms with Crippen LogP contribution in [-0.4, -0.2) is 41.6 Å². The lowest BCUT2D eigenvalue weighted by atomic mass is 10.1. The van der Waals surface area contributed by atoms with E-state index in [-0.39, 0.29) is 11.4 Å². The summed E-state index contributed by atoms with van der Waals surface area (Å²) in [4.78, 5) is 39.2. The second-order valence-electron chi connectivity index (χ2n) is 5.63. The summed E-state index contributed by atoms with van der Waals surface area (Å²) in [5, 5.41) is 2.43. The predicted octanol–water partition coefficient (Wildman–Crippen LogP) is 1.96. The zero-order valence-corrected chi connectivity index (χ0v) is 13.3. The van der Waals surface area contributed by atoms with Crippen LogP contribution >= 0.6 is 0 Å². The summed E-state index contributed by atoms with van der Waals surface area (Å²) < 4.78 is 9.63. The van der Waals surface area contributed by atoms with Gasteiger partial charge in [-0.25, -0.2) is 14.6 Å². The Bertz CT molecular complexity index is 578. The maximum absolute atomic E-state index is 12.2. The molecule has 7 heteroatoms. The third-order valence-corrected chi connectivity index (χ3v) is 2.52. The fourth-order valence-electron chi connectivity index (χ4n) is 1.56. The molecule has 120 valence electrons. The third kappa shape index (κ3) is 5.16. The van der Waals surface area contributed by atoms with Gasteiger partial charge in [-0.2, -0.15) is 0 Å². The number of hydrogen-bond acceptors (Lipinski definition) is 6. The van der Waals surface area contributed by atoms with Gasteiger partial charge in [-0.1, -0.05) is 6.07 Å². The van der Waals surface area contributed by atoms with Gasteiger partial charge >= 0.3 is 12.1 Å². The first kappa shape index (κ1) is 17.6. The van der Waals surface area contributed by atoms with Gasteiger partial charge in [-0.05, 0) is 39.8 Å². The van der Waals surface area contributed by atoms with Crippen molar-refractivity contribution in [2.45, 2.75) is 39.3 Å². The summed E-state index contributed by atoms with van der Waals surface area (Å²) in [5.41, 5.74) is -0.570. The van der Waals surface area contributed by atoms with Gasteiger partial charge in [0.1, 0.15) is 17.0 Å². The number of ether oxygens (including phenoxy) is 2. The van der Waals surface area contributed by atoms with Gasteiger partial charge in [-0.15, -0.1) is 0 Å². The van der Waals surface area contributed by atoms with Crippen LogP contribution in [0.2, 0.25) is 0 Å². The zero-order chi connectivity index (χ0) is 16.9. The highest BCUT2D eigenvalue weighted by molar-refractivity contribution is 6.00. The average Bonchev–Trinajstić information content (AvgIpc) is 2.43. The normalized spacial score (nSPS) is 12.2. The number of Topliss-reactive ketones (excluding diaryl/α,β-unsaturated/α-hetero) is 1. The number of ketones is 1. The van der Waals surface area contributed by atoms with Gasteiger partial charge in [0, 0.05) is 0 Å². The van der Waals surface area contributed by atoms with Crippen molar-refractivity contribution < 1.29 is 23.9 Å². The van der Waals surface area contributed by atoms with Crippen LogP contribution in [0, 0.1) is 0 Å². The number of esters is 1. The Labute approximate surface area is 129 Å². The van der Waals surface area contributed by atoms with Gasteiger partial charge in [0.15, 0.2) is 0 Å². The lowest BCUT2D eigenvalue weighted by Crippen LogP contribution is -2.42. The molecule has 0 bridgehead atoms. The van der Waals surface area contributed by atoms with Crippen LogP contribution in [0.15, 0.2) is 18.2 Å². The summed E-state index contributed by atoms with van der Waals surface area (Å²) in [6.07, 6.45) is -0.697. The summed E-state index contributed by atoms with van der Waals surface area (Å²) in [6, 6.07) is 3.58. The Balaban J connectivity index is 2.79. The zero-order valence-electron chi connectivity index (χ0n) is 13.3. The smallest absolute Gasteiger partial charge is 0.408 e. The maximum Gasteiger partial charge on any atom is 0.408 e. The van der Waals surface area contributed by atoms with Crippen molar-refractivity contribution in [3.63, 3.8) is 0 Å². The Hall–Kier alpha value is -2.44. The number of hydrogen-bond donors (Lipinski definition) is 1. The van der Waals surface area contributed by atoms with Crippen LogP contribution in [-0.2, 0) is 9.47 Å². The summed E-state index contributed by atoms with van der Waals surface area (Å²) in [7, 11) is 1.23. The van der Waals surface area contributed by atoms with Crippen LogP contribution in [0.3, 0.4) is 0 Å². The number of carbonyl (C=O) groups is 3. The van der Waals surface area contributed by atoms with Gasteiger partial charge in [-0.3, -0.25) is 4.79 Å². The molecule has 0 saturated heterocycles. The summed E-state index contributed by atoms with van der Waals surface area (Å²) >= 11 is 0. The van der Waals surface area contributed by atoms with E-state index in [0.717, 1.165) is 0 Å². The highest BCUT2D eigenvalue weighted by Gasteiger charge is 2.23. The van der Waals surface area contributed by atoms with Gasteiger partial charge in [0.2, 0.25) is 5.78 Å². The van der Waals surface area contributed by atoms with E-state index in [1.54, 1.807) is 20.8 Å². The van der Waals surface area contributed by atoms with E-state index in [1.165, 1.54) is 32.2 Å². The van der Waals surface area contributed by atoms with E-state index in [4.69, 9.17) is 4.74 Å². The van der Waals surface area contributed by atoms with Crippen molar-refractivity contribution in [1.82, 2.24) is 10.3 Å². The molecule has 1 N–H and O–H groups in total. The van der Waals surface area contributed by atoms with Gasteiger partial charge < -0.3 is 14.8 Å². The van der Waals surface area contributed by atoms with E-state index in [2.05, 4.69) is 15.0 Å². The number of alkyl carbamates (subject to hydrolysis) is 1. The number of pyridine rings is 1. The molecule has 1 unspecified atom stereocenters. The highest BCUT2D eigenvalue weighted by Crippen LogP contribution is 2.08. The molecule has 1 rings (SSSR count). The molecule has 1 amide bonds. The van der Waals surface area contributed by atoms with Crippen LogP contribution in [0.4, 0.5) is 4.79 Å². The molecule has 0 aliphatic rings. The molecule has 0 spiro atoms. The van der Waals surface area contributed by atoms with E-state index < -0.39 is 29.5 Å². The monoisotopic (exact) mass is 308 g/mol. The molecule has 0 radical (unpaired) electrons. The Kier molecular flexibility index (Phi) is 5.62. The first-order valence-electron chi connectivity index (χ1n) is 6.73. The second-order valence-corrected chi connectivity index (χ2v) is 5.63. The van der Waals surface area contributed by atoms with E-state index >= 15 is 0 Å². The summed E-state index contributed by atoms with van der Waals surface area (Å²) in [6.45, 7) is 6.68. The number of amides is 1. The molecular formula is C15H20N2O5. The highest BCUT2D eigenvalue weighted by atomic mass is 16.6. The van der Waals surface area contributed by atoms with Crippen LogP contribution in [0.5, 0.6) is 0 Å². The number of nitrogens with one attached hydrogen (secondary N) is 1. The van der Waals surface area contributed by atoms with Crippen LogP contribution in [0.25, 0.3) is 0 Å². The second kappa shape index (κ2) is 7.02. The number of rotatable bonds is 4. The third-order valence-electron chi connectivity index (χ3n) is 2.52. The molecule has 0 saturated carbocycles. The van der Waals surface area contributed by atoms with Crippen molar-refractivity contribution in [3.8, 4) is 0 Å². The molecule has 0 aliphatic heterocycles. The van der Waals surface area contributed by atoms with Crippen molar-refractivity contribution >= 4 is 17.8 Å². The Morgan fingerprint density at radius 3 is 2.32 bits per heavy atom. The number of methoxy groups -OCH3 is 1. The molecule has 1 atom stereocenters. The Morgan fingerprint density at radius 1 is 1.18 bits per heavy atom. The Morgan fingerprint density at radius 2 is 1.77 bits per heavy atom. The first-order valence-corrected chi connectivity index (χ1v) is 6.73. The minimum atomic E-state index is -0.838. The van der Waals surface area contributed by atoms with Crippen LogP contribution < -0.4 is 5.32 Å².